The largest absolute Gasteiger partial charge is 0.339 e. The summed E-state index contributed by atoms with van der Waals surface area (Å²) in [5.74, 6) is 0. The van der Waals surface area contributed by atoms with Crippen LogP contribution in [0.3, 0.4) is 0 Å². The van der Waals surface area contributed by atoms with Gasteiger partial charge in [0, 0.05) is 7.05 Å². The highest BCUT2D eigenvalue weighted by Gasteiger charge is 2.08. The Morgan fingerprint density at radius 3 is 2.41 bits per heavy atom. The summed E-state index contributed by atoms with van der Waals surface area (Å²) < 4.78 is 2.11. The smallest absolute Gasteiger partial charge is 0.240 e. The van der Waals surface area contributed by atoms with E-state index in [2.05, 4.69) is 35.0 Å². The van der Waals surface area contributed by atoms with Gasteiger partial charge in [0.15, 0.2) is 0 Å². The molecular formula is C14H12BN2. The fraction of sp³-hybridized carbons (Fsp3) is 0.0714. The Bertz CT molecular complexity index is 644. The van der Waals surface area contributed by atoms with E-state index in [1.165, 1.54) is 5.46 Å². The second-order valence-corrected chi connectivity index (χ2v) is 4.07. The number of nitrogens with zero attached hydrogens (tertiary/aromatic N) is 2. The quantitative estimate of drug-likeness (QED) is 0.592. The lowest BCUT2D eigenvalue weighted by atomic mass is 9.69. The molecule has 2 aromatic carbocycles. The van der Waals surface area contributed by atoms with Crippen LogP contribution in [0.25, 0.3) is 11.0 Å². The first kappa shape index (κ1) is 10.1. The Kier molecular flexibility index (Phi) is 2.44. The van der Waals surface area contributed by atoms with Crippen molar-refractivity contribution in [2.75, 3.05) is 0 Å². The van der Waals surface area contributed by atoms with Crippen LogP contribution in [0.2, 0.25) is 0 Å². The maximum absolute atomic E-state index is 4.61. The van der Waals surface area contributed by atoms with E-state index in [1.54, 1.807) is 0 Å². The van der Waals surface area contributed by atoms with Crippen LogP contribution < -0.4 is 11.2 Å². The second kappa shape index (κ2) is 4.09. The number of hydrogen-bond donors (Lipinski definition) is 0. The first-order chi connectivity index (χ1) is 8.34. The van der Waals surface area contributed by atoms with Crippen molar-refractivity contribution < 1.29 is 0 Å². The van der Waals surface area contributed by atoms with E-state index in [0.717, 1.165) is 16.8 Å². The average molecular weight is 219 g/mol. The van der Waals surface area contributed by atoms with Gasteiger partial charge in [-0.15, -0.1) is 0 Å². The van der Waals surface area contributed by atoms with Crippen LogP contribution in [0.1, 0.15) is 0 Å². The van der Waals surface area contributed by atoms with Gasteiger partial charge in [0.2, 0.25) is 7.28 Å². The third kappa shape index (κ3) is 1.84. The minimum Gasteiger partial charge on any atom is -0.339 e. The van der Waals surface area contributed by atoms with E-state index in [4.69, 9.17) is 0 Å². The summed E-state index contributed by atoms with van der Waals surface area (Å²) in [5, 5.41) is 0. The minimum atomic E-state index is 0.984. The third-order valence-electron chi connectivity index (χ3n) is 2.92. The number of aryl methyl sites for hydroxylation is 1. The lowest BCUT2D eigenvalue weighted by Crippen LogP contribution is -2.33. The van der Waals surface area contributed by atoms with Crippen LogP contribution in [-0.4, -0.2) is 16.8 Å². The molecule has 3 heteroatoms. The molecule has 0 amide bonds. The molecule has 0 bridgehead atoms. The molecule has 3 rings (SSSR count). The topological polar surface area (TPSA) is 17.8 Å². The van der Waals surface area contributed by atoms with Crippen LogP contribution in [0.4, 0.5) is 0 Å². The summed E-state index contributed by atoms with van der Waals surface area (Å²) in [6, 6.07) is 18.4. The van der Waals surface area contributed by atoms with Crippen molar-refractivity contribution >= 4 is 29.5 Å². The zero-order chi connectivity index (χ0) is 11.7. The molecule has 0 unspecified atom stereocenters. The monoisotopic (exact) mass is 219 g/mol. The molecule has 81 valence electrons. The summed E-state index contributed by atoms with van der Waals surface area (Å²) in [4.78, 5) is 4.61. The molecule has 0 fully saturated rings. The maximum atomic E-state index is 4.61. The van der Waals surface area contributed by atoms with Crippen molar-refractivity contribution in [1.82, 2.24) is 9.55 Å². The Morgan fingerprint density at radius 1 is 0.941 bits per heavy atom. The SMILES string of the molecule is Cn1c([B]c2ccccc2)nc2ccccc21. The highest BCUT2D eigenvalue weighted by Crippen LogP contribution is 2.08. The van der Waals surface area contributed by atoms with E-state index in [9.17, 15) is 0 Å². The predicted molar refractivity (Wildman–Crippen MR) is 72.2 cm³/mol. The Hall–Kier alpha value is -2.03. The normalized spacial score (nSPS) is 10.6. The maximum Gasteiger partial charge on any atom is 0.240 e. The third-order valence-corrected chi connectivity index (χ3v) is 2.92. The van der Waals surface area contributed by atoms with Crippen molar-refractivity contribution in [3.05, 3.63) is 54.6 Å². The molecule has 1 radical (unpaired) electrons. The molecule has 2 nitrogen and oxygen atoms in total. The molecule has 1 heterocycles. The number of hydrogen-bond acceptors (Lipinski definition) is 1. The standard InChI is InChI=1S/C14H12BN2/c1-17-13-10-6-5-9-12(13)16-14(17)15-11-7-3-2-4-8-11/h2-10H,1H3. The second-order valence-electron chi connectivity index (χ2n) is 4.07. The molecule has 0 saturated carbocycles. The predicted octanol–water partition coefficient (Wildman–Crippen LogP) is 1.23. The molecule has 17 heavy (non-hydrogen) atoms. The lowest BCUT2D eigenvalue weighted by molar-refractivity contribution is 0.988. The molecule has 0 atom stereocenters. The van der Waals surface area contributed by atoms with Gasteiger partial charge in [-0.3, -0.25) is 0 Å². The van der Waals surface area contributed by atoms with Crippen LogP contribution in [0.5, 0.6) is 0 Å². The first-order valence-corrected chi connectivity index (χ1v) is 5.66. The summed E-state index contributed by atoms with van der Waals surface area (Å²) in [7, 11) is 4.14. The van der Waals surface area contributed by atoms with Gasteiger partial charge >= 0.3 is 0 Å². The summed E-state index contributed by atoms with van der Waals surface area (Å²) in [6.07, 6.45) is 0. The van der Waals surface area contributed by atoms with Gasteiger partial charge in [0.05, 0.1) is 16.8 Å². The zero-order valence-electron chi connectivity index (χ0n) is 9.67. The molecule has 0 saturated heterocycles. The van der Waals surface area contributed by atoms with Gasteiger partial charge in [0.1, 0.15) is 0 Å². The molecule has 1 aromatic heterocycles. The van der Waals surface area contributed by atoms with E-state index < -0.39 is 0 Å². The molecule has 0 spiro atoms. The van der Waals surface area contributed by atoms with Crippen molar-refractivity contribution in [2.45, 2.75) is 0 Å². The lowest BCUT2D eigenvalue weighted by Gasteiger charge is -2.01. The number of benzene rings is 2. The van der Waals surface area contributed by atoms with Crippen LogP contribution >= 0.6 is 0 Å². The van der Waals surface area contributed by atoms with Crippen molar-refractivity contribution in [2.24, 2.45) is 7.05 Å². The summed E-state index contributed by atoms with van der Waals surface area (Å²) in [6.45, 7) is 0. The number of fused-ring (bicyclic) bond motifs is 1. The number of aromatic nitrogens is 2. The molecule has 0 aliphatic carbocycles. The zero-order valence-corrected chi connectivity index (χ0v) is 9.67. The van der Waals surface area contributed by atoms with Gasteiger partial charge < -0.3 is 4.57 Å². The highest BCUT2D eigenvalue weighted by molar-refractivity contribution is 6.66. The Morgan fingerprint density at radius 2 is 1.65 bits per heavy atom. The summed E-state index contributed by atoms with van der Waals surface area (Å²) in [5.41, 5.74) is 4.36. The van der Waals surface area contributed by atoms with Gasteiger partial charge in [-0.2, -0.15) is 0 Å². The van der Waals surface area contributed by atoms with E-state index in [1.807, 2.05) is 43.4 Å². The molecule has 0 aliphatic rings. The van der Waals surface area contributed by atoms with Crippen LogP contribution in [0, 0.1) is 0 Å². The number of para-hydroxylation sites is 2. The minimum absolute atomic E-state index is 0.984. The van der Waals surface area contributed by atoms with Gasteiger partial charge in [0.25, 0.3) is 0 Å². The van der Waals surface area contributed by atoms with Gasteiger partial charge in [-0.25, -0.2) is 4.98 Å². The van der Waals surface area contributed by atoms with Crippen molar-refractivity contribution in [1.29, 1.82) is 0 Å². The van der Waals surface area contributed by atoms with E-state index in [-0.39, 0.29) is 0 Å². The Labute approximate surface area is 101 Å². The van der Waals surface area contributed by atoms with Crippen molar-refractivity contribution in [3.63, 3.8) is 0 Å². The van der Waals surface area contributed by atoms with Crippen LogP contribution in [-0.2, 0) is 7.05 Å². The molecular weight excluding hydrogens is 207 g/mol. The molecule has 3 aromatic rings. The van der Waals surface area contributed by atoms with Crippen LogP contribution in [0.15, 0.2) is 54.6 Å². The van der Waals surface area contributed by atoms with Crippen molar-refractivity contribution in [3.8, 4) is 0 Å². The summed E-state index contributed by atoms with van der Waals surface area (Å²) >= 11 is 0. The molecule has 0 aliphatic heterocycles. The fourth-order valence-electron chi connectivity index (χ4n) is 1.99. The average Bonchev–Trinajstić information content (AvgIpc) is 2.68. The van der Waals surface area contributed by atoms with E-state index in [0.29, 0.717) is 0 Å². The number of imidazole rings is 1. The van der Waals surface area contributed by atoms with Gasteiger partial charge in [-0.1, -0.05) is 47.9 Å². The Balaban J connectivity index is 2.04. The molecule has 0 N–H and O–H groups in total. The first-order valence-electron chi connectivity index (χ1n) is 5.66. The fourth-order valence-corrected chi connectivity index (χ4v) is 1.99. The van der Waals surface area contributed by atoms with Gasteiger partial charge in [-0.05, 0) is 12.1 Å². The number of rotatable bonds is 2. The van der Waals surface area contributed by atoms with E-state index >= 15 is 0 Å². The highest BCUT2D eigenvalue weighted by atomic mass is 15.0.